The molecule has 3 heteroatoms. The van der Waals surface area contributed by atoms with Crippen molar-refractivity contribution in [1.82, 2.24) is 0 Å². The second-order valence-corrected chi connectivity index (χ2v) is 14.2. The van der Waals surface area contributed by atoms with Crippen LogP contribution in [-0.2, 0) is 4.74 Å². The van der Waals surface area contributed by atoms with Gasteiger partial charge in [-0.25, -0.2) is 0 Å². The minimum atomic E-state index is -0.736. The molecule has 2 N–H and O–H groups in total. The lowest BCUT2D eigenvalue weighted by Gasteiger charge is -2.67. The maximum absolute atomic E-state index is 10.9. The summed E-state index contributed by atoms with van der Waals surface area (Å²) in [7, 11) is 1.98. The molecule has 9 atom stereocenters. The van der Waals surface area contributed by atoms with E-state index in [9.17, 15) is 10.2 Å². The Hall–Kier alpha value is -0.640. The molecule has 4 aliphatic rings. The molecular formula is C31H52O3. The lowest BCUT2D eigenvalue weighted by molar-refractivity contribution is -0.224. The van der Waals surface area contributed by atoms with Gasteiger partial charge < -0.3 is 14.9 Å². The average molecular weight is 473 g/mol. The zero-order chi connectivity index (χ0) is 25.3. The first kappa shape index (κ1) is 26.4. The van der Waals surface area contributed by atoms with E-state index in [1.807, 2.05) is 27.0 Å². The fourth-order valence-corrected chi connectivity index (χ4v) is 9.75. The highest BCUT2D eigenvalue weighted by Gasteiger charge is 2.70. The Kier molecular flexibility index (Phi) is 6.57. The maximum Gasteiger partial charge on any atom is 0.0783 e. The Bertz CT molecular complexity index is 834. The Morgan fingerprint density at radius 3 is 2.38 bits per heavy atom. The summed E-state index contributed by atoms with van der Waals surface area (Å²) in [5.74, 6) is 2.68. The van der Waals surface area contributed by atoms with E-state index < -0.39 is 5.60 Å². The second kappa shape index (κ2) is 8.45. The van der Waals surface area contributed by atoms with Crippen molar-refractivity contribution in [1.29, 1.82) is 0 Å². The molecular weight excluding hydrogens is 420 g/mol. The fourth-order valence-electron chi connectivity index (χ4n) is 9.75. The van der Waals surface area contributed by atoms with E-state index >= 15 is 0 Å². The Balaban J connectivity index is 1.70. The topological polar surface area (TPSA) is 49.7 Å². The van der Waals surface area contributed by atoms with Gasteiger partial charge in [0.05, 0.1) is 17.3 Å². The quantitative estimate of drug-likeness (QED) is 0.427. The van der Waals surface area contributed by atoms with Gasteiger partial charge in [-0.3, -0.25) is 0 Å². The molecule has 0 aromatic rings. The summed E-state index contributed by atoms with van der Waals surface area (Å²) in [5, 5.41) is 21.0. The lowest BCUT2D eigenvalue weighted by Crippen LogP contribution is -2.66. The van der Waals surface area contributed by atoms with E-state index in [-0.39, 0.29) is 22.5 Å². The third-order valence-electron chi connectivity index (χ3n) is 11.7. The molecule has 0 radical (unpaired) electrons. The van der Waals surface area contributed by atoms with E-state index in [0.29, 0.717) is 35.0 Å². The molecule has 3 nitrogen and oxygen atoms in total. The molecule has 0 bridgehead atoms. The summed E-state index contributed by atoms with van der Waals surface area (Å²) in [4.78, 5) is 0. The van der Waals surface area contributed by atoms with Crippen LogP contribution < -0.4 is 0 Å². The molecule has 0 spiro atoms. The number of rotatable bonds is 5. The van der Waals surface area contributed by atoms with Crippen molar-refractivity contribution in [3.05, 3.63) is 23.8 Å². The number of ether oxygens (including phenoxy) is 1. The predicted molar refractivity (Wildman–Crippen MR) is 140 cm³/mol. The highest BCUT2D eigenvalue weighted by Crippen LogP contribution is 2.74. The van der Waals surface area contributed by atoms with E-state index in [1.54, 1.807) is 0 Å². The smallest absolute Gasteiger partial charge is 0.0783 e. The van der Waals surface area contributed by atoms with Gasteiger partial charge in [0.2, 0.25) is 0 Å². The third kappa shape index (κ3) is 3.70. The van der Waals surface area contributed by atoms with Crippen LogP contribution in [0.4, 0.5) is 0 Å². The van der Waals surface area contributed by atoms with Gasteiger partial charge in [-0.15, -0.1) is 0 Å². The summed E-state index contributed by atoms with van der Waals surface area (Å²) in [6.07, 6.45) is 14.3. The summed E-state index contributed by atoms with van der Waals surface area (Å²) in [6.45, 7) is 18.3. The number of methoxy groups -OCH3 is 1. The standard InChI is InChI=1S/C31H52O3/c1-20(11-10-15-27(3,4)33)22-14-16-30(8)26-21(2)19-24-23(12-13-25(32)28(24,5)6)31(26,34-9)18-17-29(22,30)7/h10,15,19-23,25-26,32-33H,11-14,16-18H2,1-9H3/b15-10+/t20-,21+,22-,23-,25+,26+,29-,30+,31-/m1/s1. The Morgan fingerprint density at radius 2 is 1.76 bits per heavy atom. The lowest BCUT2D eigenvalue weighted by atomic mass is 9.40. The van der Waals surface area contributed by atoms with Crippen molar-refractivity contribution in [2.45, 2.75) is 118 Å². The first-order chi connectivity index (χ1) is 15.6. The Labute approximate surface area is 209 Å². The number of allylic oxidation sites excluding steroid dienone is 2. The molecule has 4 aliphatic carbocycles. The molecule has 34 heavy (non-hydrogen) atoms. The highest BCUT2D eigenvalue weighted by molar-refractivity contribution is 5.33. The minimum Gasteiger partial charge on any atom is -0.392 e. The van der Waals surface area contributed by atoms with Crippen LogP contribution in [0.5, 0.6) is 0 Å². The van der Waals surface area contributed by atoms with Crippen LogP contribution in [-0.4, -0.2) is 34.6 Å². The first-order valence-corrected chi connectivity index (χ1v) is 14.0. The van der Waals surface area contributed by atoms with Crippen molar-refractivity contribution in [3.63, 3.8) is 0 Å². The van der Waals surface area contributed by atoms with E-state index in [2.05, 4.69) is 53.7 Å². The molecule has 0 aromatic carbocycles. The van der Waals surface area contributed by atoms with Crippen molar-refractivity contribution in [2.24, 2.45) is 45.8 Å². The van der Waals surface area contributed by atoms with E-state index in [1.165, 1.54) is 24.8 Å². The van der Waals surface area contributed by atoms with Gasteiger partial charge in [0, 0.05) is 24.4 Å². The molecule has 3 saturated carbocycles. The zero-order valence-electron chi connectivity index (χ0n) is 23.4. The monoisotopic (exact) mass is 472 g/mol. The van der Waals surface area contributed by atoms with Crippen LogP contribution in [0.3, 0.4) is 0 Å². The highest BCUT2D eigenvalue weighted by atomic mass is 16.5. The van der Waals surface area contributed by atoms with Gasteiger partial charge >= 0.3 is 0 Å². The zero-order valence-corrected chi connectivity index (χ0v) is 23.4. The normalized spacial score (nSPS) is 47.0. The van der Waals surface area contributed by atoms with Crippen LogP contribution in [0.25, 0.3) is 0 Å². The molecule has 0 heterocycles. The summed E-state index contributed by atoms with van der Waals surface area (Å²) in [5.41, 5.74) is 0.971. The number of aliphatic hydroxyl groups excluding tert-OH is 1. The number of hydrogen-bond donors (Lipinski definition) is 2. The predicted octanol–water partition coefficient (Wildman–Crippen LogP) is 6.93. The number of aliphatic hydroxyl groups is 2. The number of hydrogen-bond acceptors (Lipinski definition) is 3. The van der Waals surface area contributed by atoms with Gasteiger partial charge in [0.15, 0.2) is 0 Å². The largest absolute Gasteiger partial charge is 0.392 e. The minimum absolute atomic E-state index is 0.117. The van der Waals surface area contributed by atoms with Crippen LogP contribution in [0.1, 0.15) is 100 Å². The SMILES string of the molecule is CO[C@@]12CC[C@]3(C)[C@@H]([C@H](C)C/C=C/C(C)(C)O)CC[C@@]3(C)[C@@H]1[C@@H](C)C=C1[C@H]2CC[C@H](O)C1(C)C. The summed E-state index contributed by atoms with van der Waals surface area (Å²) >= 11 is 0. The van der Waals surface area contributed by atoms with Crippen LogP contribution in [0.15, 0.2) is 23.8 Å². The molecule has 0 amide bonds. The molecule has 0 aliphatic heterocycles. The van der Waals surface area contributed by atoms with Crippen LogP contribution in [0, 0.1) is 45.8 Å². The summed E-state index contributed by atoms with van der Waals surface area (Å²) in [6, 6.07) is 0. The second-order valence-electron chi connectivity index (χ2n) is 14.2. The maximum atomic E-state index is 10.9. The van der Waals surface area contributed by atoms with Crippen molar-refractivity contribution in [2.75, 3.05) is 7.11 Å². The van der Waals surface area contributed by atoms with Gasteiger partial charge in [-0.05, 0) is 87.4 Å². The molecule has 4 rings (SSSR count). The van der Waals surface area contributed by atoms with Gasteiger partial charge in [-0.2, -0.15) is 0 Å². The van der Waals surface area contributed by atoms with E-state index in [0.717, 1.165) is 25.7 Å². The molecule has 0 aromatic heterocycles. The number of fused-ring (bicyclic) bond motifs is 5. The summed E-state index contributed by atoms with van der Waals surface area (Å²) < 4.78 is 6.71. The van der Waals surface area contributed by atoms with Crippen molar-refractivity contribution < 1.29 is 14.9 Å². The van der Waals surface area contributed by atoms with E-state index in [4.69, 9.17) is 4.74 Å². The van der Waals surface area contributed by atoms with Gasteiger partial charge in [0.25, 0.3) is 0 Å². The first-order valence-electron chi connectivity index (χ1n) is 14.0. The van der Waals surface area contributed by atoms with Crippen LogP contribution >= 0.6 is 0 Å². The molecule has 3 fully saturated rings. The van der Waals surface area contributed by atoms with Gasteiger partial charge in [-0.1, -0.05) is 65.3 Å². The average Bonchev–Trinajstić information content (AvgIpc) is 3.01. The Morgan fingerprint density at radius 1 is 1.09 bits per heavy atom. The molecule has 0 saturated heterocycles. The fraction of sp³-hybridized carbons (Fsp3) is 0.871. The molecule has 0 unspecified atom stereocenters. The van der Waals surface area contributed by atoms with Crippen molar-refractivity contribution >= 4 is 0 Å². The van der Waals surface area contributed by atoms with Crippen LogP contribution in [0.2, 0.25) is 0 Å². The van der Waals surface area contributed by atoms with Crippen molar-refractivity contribution in [3.8, 4) is 0 Å². The third-order valence-corrected chi connectivity index (χ3v) is 11.7. The van der Waals surface area contributed by atoms with Gasteiger partial charge in [0.1, 0.15) is 0 Å². The molecule has 194 valence electrons.